The summed E-state index contributed by atoms with van der Waals surface area (Å²) in [6.45, 7) is -2.99. The summed E-state index contributed by atoms with van der Waals surface area (Å²) in [5.74, 6) is -0.606. The Morgan fingerprint density at radius 3 is 2.43 bits per heavy atom. The lowest BCUT2D eigenvalue weighted by molar-refractivity contribution is -0.247. The van der Waals surface area contributed by atoms with Gasteiger partial charge >= 0.3 is 6.61 Å². The van der Waals surface area contributed by atoms with E-state index in [0.717, 1.165) is 7.05 Å². The Balaban J connectivity index is 2.66. The number of carbonyl (C=O) groups excluding carboxylic acids is 1. The topological polar surface area (TPSA) is 29.5 Å². The summed E-state index contributed by atoms with van der Waals surface area (Å²) in [5.41, 5.74) is 0.302. The first-order valence-electron chi connectivity index (χ1n) is 3.89. The molecule has 1 rings (SSSR count). The van der Waals surface area contributed by atoms with E-state index in [9.17, 15) is 13.6 Å². The van der Waals surface area contributed by atoms with Crippen molar-refractivity contribution in [3.63, 3.8) is 0 Å². The van der Waals surface area contributed by atoms with Crippen LogP contribution < -0.4 is 0 Å². The highest BCUT2D eigenvalue weighted by Crippen LogP contribution is 2.06. The van der Waals surface area contributed by atoms with E-state index in [1.54, 1.807) is 18.2 Å². The van der Waals surface area contributed by atoms with Crippen molar-refractivity contribution >= 4 is 5.91 Å². The Kier molecular flexibility index (Phi) is 3.53. The molecule has 1 aromatic carbocycles. The van der Waals surface area contributed by atoms with Gasteiger partial charge in [-0.3, -0.25) is 4.79 Å². The molecule has 0 fully saturated rings. The van der Waals surface area contributed by atoms with E-state index in [0.29, 0.717) is 10.6 Å². The van der Waals surface area contributed by atoms with Crippen molar-refractivity contribution in [2.75, 3.05) is 7.05 Å². The summed E-state index contributed by atoms with van der Waals surface area (Å²) in [4.78, 5) is 15.3. The lowest BCUT2D eigenvalue weighted by Crippen LogP contribution is -2.28. The Hall–Kier alpha value is -1.49. The van der Waals surface area contributed by atoms with E-state index < -0.39 is 12.5 Å². The standard InChI is InChI=1S/C9H9F2NO2/c1-12(14-9(10)11)8(13)7-5-3-2-4-6-7/h2-6,9H,1H3. The van der Waals surface area contributed by atoms with E-state index in [-0.39, 0.29) is 0 Å². The van der Waals surface area contributed by atoms with Crippen LogP contribution in [0, 0.1) is 0 Å². The normalized spacial score (nSPS) is 10.3. The predicted molar refractivity (Wildman–Crippen MR) is 45.6 cm³/mol. The van der Waals surface area contributed by atoms with Crippen LogP contribution in [0.3, 0.4) is 0 Å². The van der Waals surface area contributed by atoms with Gasteiger partial charge in [-0.05, 0) is 12.1 Å². The molecule has 0 saturated carbocycles. The SMILES string of the molecule is CN(OC(F)F)C(=O)c1ccccc1. The number of carbonyl (C=O) groups is 1. The predicted octanol–water partition coefficient (Wildman–Crippen LogP) is 1.91. The zero-order chi connectivity index (χ0) is 10.6. The molecule has 0 radical (unpaired) electrons. The summed E-state index contributed by atoms with van der Waals surface area (Å²) in [6, 6.07) is 8.05. The summed E-state index contributed by atoms with van der Waals surface area (Å²) in [7, 11) is 1.14. The van der Waals surface area contributed by atoms with Crippen molar-refractivity contribution in [2.45, 2.75) is 6.61 Å². The minimum absolute atomic E-state index is 0.302. The van der Waals surface area contributed by atoms with Crippen LogP contribution in [-0.4, -0.2) is 24.6 Å². The van der Waals surface area contributed by atoms with Gasteiger partial charge in [-0.25, -0.2) is 9.90 Å². The average molecular weight is 201 g/mol. The number of halogens is 2. The van der Waals surface area contributed by atoms with Crippen LogP contribution in [0.15, 0.2) is 30.3 Å². The fourth-order valence-corrected chi connectivity index (χ4v) is 0.930. The number of benzene rings is 1. The van der Waals surface area contributed by atoms with Gasteiger partial charge in [0.15, 0.2) is 0 Å². The number of nitrogens with zero attached hydrogens (tertiary/aromatic N) is 1. The zero-order valence-electron chi connectivity index (χ0n) is 7.48. The quantitative estimate of drug-likeness (QED) is 0.699. The summed E-state index contributed by atoms with van der Waals surface area (Å²) in [6.07, 6.45) is 0. The van der Waals surface area contributed by atoms with Crippen LogP contribution in [0.5, 0.6) is 0 Å². The number of amides is 1. The third-order valence-corrected chi connectivity index (χ3v) is 1.54. The highest BCUT2D eigenvalue weighted by Gasteiger charge is 2.15. The third-order valence-electron chi connectivity index (χ3n) is 1.54. The Morgan fingerprint density at radius 1 is 1.36 bits per heavy atom. The van der Waals surface area contributed by atoms with Gasteiger partial charge in [-0.1, -0.05) is 18.2 Å². The molecule has 76 valence electrons. The maximum Gasteiger partial charge on any atom is 0.365 e. The first-order valence-corrected chi connectivity index (χ1v) is 3.89. The van der Waals surface area contributed by atoms with Crippen LogP contribution in [-0.2, 0) is 4.84 Å². The van der Waals surface area contributed by atoms with Crippen molar-refractivity contribution in [2.24, 2.45) is 0 Å². The maximum absolute atomic E-state index is 11.7. The first kappa shape index (κ1) is 10.6. The van der Waals surface area contributed by atoms with Crippen molar-refractivity contribution in [1.82, 2.24) is 5.06 Å². The lowest BCUT2D eigenvalue weighted by atomic mass is 10.2. The van der Waals surface area contributed by atoms with Crippen LogP contribution in [0.1, 0.15) is 10.4 Å². The zero-order valence-corrected chi connectivity index (χ0v) is 7.48. The summed E-state index contributed by atoms with van der Waals surface area (Å²) in [5, 5.41) is 0.514. The van der Waals surface area contributed by atoms with E-state index in [1.165, 1.54) is 12.1 Å². The first-order chi connectivity index (χ1) is 6.61. The van der Waals surface area contributed by atoms with Crippen molar-refractivity contribution < 1.29 is 18.4 Å². The van der Waals surface area contributed by atoms with Crippen molar-refractivity contribution in [3.05, 3.63) is 35.9 Å². The molecule has 0 aliphatic rings. The molecule has 14 heavy (non-hydrogen) atoms. The Labute approximate surface area is 79.8 Å². The van der Waals surface area contributed by atoms with E-state index >= 15 is 0 Å². The monoisotopic (exact) mass is 201 g/mol. The molecular weight excluding hydrogens is 192 g/mol. The lowest BCUT2D eigenvalue weighted by Gasteiger charge is -2.15. The van der Waals surface area contributed by atoms with Gasteiger partial charge in [-0.2, -0.15) is 8.78 Å². The van der Waals surface area contributed by atoms with Crippen molar-refractivity contribution in [3.8, 4) is 0 Å². The van der Waals surface area contributed by atoms with Crippen LogP contribution in [0.4, 0.5) is 8.78 Å². The number of hydrogen-bond acceptors (Lipinski definition) is 2. The summed E-state index contributed by atoms with van der Waals surface area (Å²) >= 11 is 0. The molecule has 0 aliphatic carbocycles. The van der Waals surface area contributed by atoms with Crippen LogP contribution in [0.25, 0.3) is 0 Å². The molecule has 3 nitrogen and oxygen atoms in total. The van der Waals surface area contributed by atoms with E-state index in [4.69, 9.17) is 0 Å². The highest BCUT2D eigenvalue weighted by molar-refractivity contribution is 5.93. The van der Waals surface area contributed by atoms with Crippen LogP contribution >= 0.6 is 0 Å². The molecule has 0 aromatic heterocycles. The molecule has 0 atom stereocenters. The second kappa shape index (κ2) is 4.66. The van der Waals surface area contributed by atoms with E-state index in [2.05, 4.69) is 4.84 Å². The molecule has 0 heterocycles. The van der Waals surface area contributed by atoms with Gasteiger partial charge in [0.1, 0.15) is 0 Å². The largest absolute Gasteiger partial charge is 0.365 e. The molecular formula is C9H9F2NO2. The van der Waals surface area contributed by atoms with Gasteiger partial charge in [0.05, 0.1) is 0 Å². The minimum Gasteiger partial charge on any atom is -0.267 e. The fraction of sp³-hybridized carbons (Fsp3) is 0.222. The van der Waals surface area contributed by atoms with Gasteiger partial charge in [-0.15, -0.1) is 0 Å². The number of alkyl halides is 2. The number of hydroxylamine groups is 2. The second-order valence-electron chi connectivity index (χ2n) is 2.53. The van der Waals surface area contributed by atoms with Gasteiger partial charge in [0, 0.05) is 12.6 Å². The smallest absolute Gasteiger partial charge is 0.267 e. The molecule has 1 amide bonds. The van der Waals surface area contributed by atoms with E-state index in [1.807, 2.05) is 0 Å². The minimum atomic E-state index is -2.99. The number of hydrogen-bond donors (Lipinski definition) is 0. The molecule has 0 saturated heterocycles. The molecule has 0 spiro atoms. The molecule has 1 aromatic rings. The molecule has 5 heteroatoms. The number of rotatable bonds is 3. The van der Waals surface area contributed by atoms with Gasteiger partial charge < -0.3 is 0 Å². The Bertz CT molecular complexity index is 303. The van der Waals surface area contributed by atoms with Gasteiger partial charge in [0.25, 0.3) is 5.91 Å². The van der Waals surface area contributed by atoms with Gasteiger partial charge in [0.2, 0.25) is 0 Å². The Morgan fingerprint density at radius 2 is 1.93 bits per heavy atom. The van der Waals surface area contributed by atoms with Crippen LogP contribution in [0.2, 0.25) is 0 Å². The molecule has 0 aliphatic heterocycles. The molecule has 0 unspecified atom stereocenters. The molecule has 0 N–H and O–H groups in total. The third kappa shape index (κ3) is 2.77. The molecule has 0 bridgehead atoms. The van der Waals surface area contributed by atoms with Crippen molar-refractivity contribution in [1.29, 1.82) is 0 Å². The second-order valence-corrected chi connectivity index (χ2v) is 2.53. The highest BCUT2D eigenvalue weighted by atomic mass is 19.3. The maximum atomic E-state index is 11.7. The average Bonchev–Trinajstić information content (AvgIpc) is 2.17. The fourth-order valence-electron chi connectivity index (χ4n) is 0.930. The summed E-state index contributed by atoms with van der Waals surface area (Å²) < 4.78 is 23.5.